The van der Waals surface area contributed by atoms with E-state index in [2.05, 4.69) is 17.9 Å². The van der Waals surface area contributed by atoms with Gasteiger partial charge in [-0.1, -0.05) is 39.2 Å². The van der Waals surface area contributed by atoms with Gasteiger partial charge in [0.1, 0.15) is 0 Å². The lowest BCUT2D eigenvalue weighted by Gasteiger charge is -2.00. The molecule has 0 aliphatic rings. The zero-order valence-corrected chi connectivity index (χ0v) is 9.19. The highest BCUT2D eigenvalue weighted by Crippen LogP contribution is 1.89. The SMILES string of the molecule is C=C/C=C\C(=C)NS(C)(=O)=O.CC. The predicted molar refractivity (Wildman–Crippen MR) is 57.8 cm³/mol. The molecule has 1 N–H and O–H groups in total. The van der Waals surface area contributed by atoms with E-state index in [4.69, 9.17) is 0 Å². The summed E-state index contributed by atoms with van der Waals surface area (Å²) in [6, 6.07) is 0. The lowest BCUT2D eigenvalue weighted by atomic mass is 10.4. The smallest absolute Gasteiger partial charge is 0.229 e. The molecule has 0 aromatic rings. The minimum absolute atomic E-state index is 0.326. The van der Waals surface area contributed by atoms with Crippen molar-refractivity contribution in [3.63, 3.8) is 0 Å². The van der Waals surface area contributed by atoms with Crippen LogP contribution in [0.2, 0.25) is 0 Å². The van der Waals surface area contributed by atoms with Crippen molar-refractivity contribution in [2.45, 2.75) is 13.8 Å². The molecule has 0 spiro atoms. The first kappa shape index (κ1) is 14.5. The second kappa shape index (κ2) is 7.61. The first-order valence-corrected chi connectivity index (χ1v) is 5.80. The van der Waals surface area contributed by atoms with Crippen molar-refractivity contribution < 1.29 is 8.42 Å². The van der Waals surface area contributed by atoms with Crippen molar-refractivity contribution in [1.29, 1.82) is 0 Å². The molecular formula is C9H17NO2S. The van der Waals surface area contributed by atoms with E-state index < -0.39 is 10.0 Å². The molecular weight excluding hydrogens is 186 g/mol. The van der Waals surface area contributed by atoms with Crippen LogP contribution in [0.1, 0.15) is 13.8 Å². The maximum atomic E-state index is 10.6. The van der Waals surface area contributed by atoms with E-state index in [0.29, 0.717) is 5.70 Å². The highest BCUT2D eigenvalue weighted by atomic mass is 32.2. The van der Waals surface area contributed by atoms with E-state index in [1.807, 2.05) is 13.8 Å². The Balaban J connectivity index is 0. The average Bonchev–Trinajstić information content (AvgIpc) is 2.01. The van der Waals surface area contributed by atoms with Crippen molar-refractivity contribution >= 4 is 10.0 Å². The molecule has 76 valence electrons. The minimum atomic E-state index is -3.19. The third kappa shape index (κ3) is 13.9. The van der Waals surface area contributed by atoms with Gasteiger partial charge in [-0.05, 0) is 6.08 Å². The van der Waals surface area contributed by atoms with Crippen LogP contribution in [0, 0.1) is 0 Å². The van der Waals surface area contributed by atoms with Crippen molar-refractivity contribution in [3.8, 4) is 0 Å². The summed E-state index contributed by atoms with van der Waals surface area (Å²) in [7, 11) is -3.19. The van der Waals surface area contributed by atoms with Crippen LogP contribution in [0.15, 0.2) is 37.1 Å². The van der Waals surface area contributed by atoms with Crippen LogP contribution in [0.4, 0.5) is 0 Å². The number of rotatable bonds is 4. The van der Waals surface area contributed by atoms with Gasteiger partial charge in [0.05, 0.1) is 6.26 Å². The monoisotopic (exact) mass is 203 g/mol. The Labute approximate surface area is 80.9 Å². The second-order valence-electron chi connectivity index (χ2n) is 1.99. The molecule has 4 heteroatoms. The quantitative estimate of drug-likeness (QED) is 0.708. The molecule has 0 aliphatic carbocycles. The third-order valence-electron chi connectivity index (χ3n) is 0.750. The van der Waals surface area contributed by atoms with Crippen LogP contribution in [0.5, 0.6) is 0 Å². The molecule has 0 saturated carbocycles. The van der Waals surface area contributed by atoms with Gasteiger partial charge in [-0.3, -0.25) is 4.72 Å². The fourth-order valence-electron chi connectivity index (χ4n) is 0.456. The van der Waals surface area contributed by atoms with Gasteiger partial charge in [0.25, 0.3) is 0 Å². The lowest BCUT2D eigenvalue weighted by Crippen LogP contribution is -2.19. The van der Waals surface area contributed by atoms with Gasteiger partial charge < -0.3 is 0 Å². The average molecular weight is 203 g/mol. The van der Waals surface area contributed by atoms with E-state index in [1.54, 1.807) is 6.08 Å². The molecule has 0 aliphatic heterocycles. The topological polar surface area (TPSA) is 46.2 Å². The summed E-state index contributed by atoms with van der Waals surface area (Å²) in [4.78, 5) is 0. The summed E-state index contributed by atoms with van der Waals surface area (Å²) in [5.41, 5.74) is 0.326. The molecule has 0 aromatic heterocycles. The molecule has 13 heavy (non-hydrogen) atoms. The van der Waals surface area contributed by atoms with Crippen LogP contribution in [-0.4, -0.2) is 14.7 Å². The molecule has 0 atom stereocenters. The minimum Gasteiger partial charge on any atom is -0.284 e. The van der Waals surface area contributed by atoms with Crippen LogP contribution < -0.4 is 4.72 Å². The molecule has 0 heterocycles. The third-order valence-corrected chi connectivity index (χ3v) is 1.38. The molecule has 0 unspecified atom stereocenters. The molecule has 0 rings (SSSR count). The summed E-state index contributed by atoms with van der Waals surface area (Å²) in [6.07, 6.45) is 5.73. The molecule has 0 fully saturated rings. The number of nitrogens with one attached hydrogen (secondary N) is 1. The van der Waals surface area contributed by atoms with Gasteiger partial charge in [-0.2, -0.15) is 0 Å². The maximum absolute atomic E-state index is 10.6. The first-order chi connectivity index (χ1) is 5.95. The molecule has 0 bridgehead atoms. The lowest BCUT2D eigenvalue weighted by molar-refractivity contribution is 0.595. The van der Waals surface area contributed by atoms with Crippen LogP contribution >= 0.6 is 0 Å². The number of hydrogen-bond donors (Lipinski definition) is 1. The van der Waals surface area contributed by atoms with Crippen LogP contribution in [0.3, 0.4) is 0 Å². The Morgan fingerprint density at radius 2 is 1.85 bits per heavy atom. The summed E-state index contributed by atoms with van der Waals surface area (Å²) in [6.45, 7) is 10.9. The fraction of sp³-hybridized carbons (Fsp3) is 0.333. The van der Waals surface area contributed by atoms with Crippen LogP contribution in [0.25, 0.3) is 0 Å². The highest BCUT2D eigenvalue weighted by molar-refractivity contribution is 7.88. The molecule has 3 nitrogen and oxygen atoms in total. The Morgan fingerprint density at radius 3 is 2.15 bits per heavy atom. The van der Waals surface area contributed by atoms with Gasteiger partial charge in [-0.25, -0.2) is 8.42 Å². The predicted octanol–water partition coefficient (Wildman–Crippen LogP) is 1.82. The zero-order chi connectivity index (χ0) is 10.9. The van der Waals surface area contributed by atoms with Crippen molar-refractivity contribution in [3.05, 3.63) is 37.1 Å². The van der Waals surface area contributed by atoms with Crippen molar-refractivity contribution in [2.75, 3.05) is 6.26 Å². The molecule has 0 radical (unpaired) electrons. The second-order valence-corrected chi connectivity index (χ2v) is 3.74. The molecule has 0 saturated heterocycles. The standard InChI is InChI=1S/C7H11NO2S.C2H6/c1-4-5-6-7(2)8-11(3,9)10;1-2/h4-6,8H,1-2H2,3H3;1-2H3/b6-5-;. The number of sulfonamides is 1. The Hall–Kier alpha value is -1.03. The molecule has 0 aromatic carbocycles. The van der Waals surface area contributed by atoms with Crippen LogP contribution in [-0.2, 0) is 10.0 Å². The summed E-state index contributed by atoms with van der Waals surface area (Å²) >= 11 is 0. The summed E-state index contributed by atoms with van der Waals surface area (Å²) in [5, 5.41) is 0. The van der Waals surface area contributed by atoms with Gasteiger partial charge in [0.2, 0.25) is 10.0 Å². The van der Waals surface area contributed by atoms with Crippen molar-refractivity contribution in [2.24, 2.45) is 0 Å². The summed E-state index contributed by atoms with van der Waals surface area (Å²) < 4.78 is 23.3. The zero-order valence-electron chi connectivity index (χ0n) is 8.37. The Bertz CT molecular complexity index is 276. The number of hydrogen-bond acceptors (Lipinski definition) is 2. The van der Waals surface area contributed by atoms with Gasteiger partial charge in [0.15, 0.2) is 0 Å². The largest absolute Gasteiger partial charge is 0.284 e. The molecule has 0 amide bonds. The Kier molecular flexibility index (Phi) is 8.48. The number of allylic oxidation sites excluding steroid dienone is 3. The highest BCUT2D eigenvalue weighted by Gasteiger charge is 1.97. The van der Waals surface area contributed by atoms with E-state index in [9.17, 15) is 8.42 Å². The van der Waals surface area contributed by atoms with E-state index in [-0.39, 0.29) is 0 Å². The fourth-order valence-corrected chi connectivity index (χ4v) is 1.00. The normalized spacial score (nSPS) is 10.1. The summed E-state index contributed by atoms with van der Waals surface area (Å²) in [5.74, 6) is 0. The van der Waals surface area contributed by atoms with Crippen molar-refractivity contribution in [1.82, 2.24) is 4.72 Å². The van der Waals surface area contributed by atoms with Gasteiger partial charge in [-0.15, -0.1) is 0 Å². The van der Waals surface area contributed by atoms with Gasteiger partial charge >= 0.3 is 0 Å². The first-order valence-electron chi connectivity index (χ1n) is 3.91. The van der Waals surface area contributed by atoms with Gasteiger partial charge in [0, 0.05) is 5.70 Å². The van der Waals surface area contributed by atoms with E-state index in [1.165, 1.54) is 12.2 Å². The maximum Gasteiger partial charge on any atom is 0.229 e. The van der Waals surface area contributed by atoms with E-state index >= 15 is 0 Å². The van der Waals surface area contributed by atoms with E-state index in [0.717, 1.165) is 6.26 Å². The Morgan fingerprint density at radius 1 is 1.38 bits per heavy atom.